The number of nitrogens with two attached hydrogens (primary N) is 1. The van der Waals surface area contributed by atoms with Crippen LogP contribution in [0.3, 0.4) is 0 Å². The molecule has 4 heteroatoms. The Morgan fingerprint density at radius 1 is 1.32 bits per heavy atom. The van der Waals surface area contributed by atoms with Crippen LogP contribution in [-0.2, 0) is 0 Å². The summed E-state index contributed by atoms with van der Waals surface area (Å²) in [7, 11) is 0. The Hall–Kier alpha value is -0.420. The van der Waals surface area contributed by atoms with Gasteiger partial charge in [0.05, 0.1) is 6.04 Å². The van der Waals surface area contributed by atoms with E-state index in [1.54, 1.807) is 0 Å². The van der Waals surface area contributed by atoms with Crippen molar-refractivity contribution < 1.29 is 0 Å². The van der Waals surface area contributed by atoms with Gasteiger partial charge in [-0.05, 0) is 50.7 Å². The molecule has 1 aromatic rings. The van der Waals surface area contributed by atoms with Gasteiger partial charge in [-0.1, -0.05) is 6.07 Å². The van der Waals surface area contributed by atoms with Crippen molar-refractivity contribution in [1.29, 1.82) is 0 Å². The van der Waals surface area contributed by atoms with Crippen molar-refractivity contribution >= 4 is 11.3 Å². The van der Waals surface area contributed by atoms with Crippen LogP contribution in [0.5, 0.6) is 0 Å². The second kappa shape index (κ2) is 5.92. The summed E-state index contributed by atoms with van der Waals surface area (Å²) in [5.74, 6) is 0. The molecule has 2 fully saturated rings. The van der Waals surface area contributed by atoms with Crippen LogP contribution < -0.4 is 5.73 Å². The zero-order valence-electron chi connectivity index (χ0n) is 11.8. The molecule has 3 heterocycles. The fraction of sp³-hybridized carbons (Fsp3) is 0.733. The van der Waals surface area contributed by atoms with Gasteiger partial charge in [0.2, 0.25) is 0 Å². The highest BCUT2D eigenvalue weighted by Crippen LogP contribution is 2.31. The van der Waals surface area contributed by atoms with E-state index in [2.05, 4.69) is 34.2 Å². The minimum Gasteiger partial charge on any atom is -0.326 e. The second-order valence-corrected chi connectivity index (χ2v) is 6.98. The predicted octanol–water partition coefficient (Wildman–Crippen LogP) is 2.31. The Morgan fingerprint density at radius 2 is 2.16 bits per heavy atom. The van der Waals surface area contributed by atoms with Crippen molar-refractivity contribution in [2.45, 2.75) is 44.3 Å². The third kappa shape index (κ3) is 2.87. The summed E-state index contributed by atoms with van der Waals surface area (Å²) in [6.45, 7) is 7.13. The first kappa shape index (κ1) is 13.6. The molecule has 0 bridgehead atoms. The van der Waals surface area contributed by atoms with Crippen LogP contribution in [0.25, 0.3) is 0 Å². The molecule has 0 saturated carbocycles. The van der Waals surface area contributed by atoms with Gasteiger partial charge in [0.1, 0.15) is 0 Å². The largest absolute Gasteiger partial charge is 0.326 e. The summed E-state index contributed by atoms with van der Waals surface area (Å²) < 4.78 is 0. The van der Waals surface area contributed by atoms with Gasteiger partial charge in [0.15, 0.2) is 0 Å². The van der Waals surface area contributed by atoms with Gasteiger partial charge in [-0.25, -0.2) is 0 Å². The molecule has 3 nitrogen and oxygen atoms in total. The van der Waals surface area contributed by atoms with E-state index in [0.29, 0.717) is 6.04 Å². The summed E-state index contributed by atoms with van der Waals surface area (Å²) in [5, 5.41) is 2.17. The van der Waals surface area contributed by atoms with E-state index in [4.69, 9.17) is 5.73 Å². The van der Waals surface area contributed by atoms with E-state index in [1.165, 1.54) is 50.3 Å². The average Bonchev–Trinajstić information content (AvgIpc) is 2.99. The van der Waals surface area contributed by atoms with E-state index >= 15 is 0 Å². The lowest BCUT2D eigenvalue weighted by Gasteiger charge is -2.34. The number of nitrogens with zero attached hydrogens (tertiary/aromatic N) is 2. The first-order valence-electron chi connectivity index (χ1n) is 7.53. The van der Waals surface area contributed by atoms with Crippen LogP contribution in [0.4, 0.5) is 0 Å². The summed E-state index contributed by atoms with van der Waals surface area (Å²) in [5.41, 5.74) is 6.30. The highest BCUT2D eigenvalue weighted by Gasteiger charge is 2.33. The van der Waals surface area contributed by atoms with Gasteiger partial charge >= 0.3 is 0 Å². The Morgan fingerprint density at radius 3 is 2.89 bits per heavy atom. The maximum absolute atomic E-state index is 6.30. The SMILES string of the molecule is CC(N)C(c1cccs1)N1CCCN2CCCC2C1. The molecule has 0 radical (unpaired) electrons. The first-order chi connectivity index (χ1) is 9.25. The molecule has 3 unspecified atom stereocenters. The molecule has 3 rings (SSSR count). The summed E-state index contributed by atoms with van der Waals surface area (Å²) >= 11 is 1.85. The molecule has 2 aliphatic heterocycles. The van der Waals surface area contributed by atoms with Gasteiger partial charge in [-0.2, -0.15) is 0 Å². The zero-order valence-corrected chi connectivity index (χ0v) is 12.6. The number of fused-ring (bicyclic) bond motifs is 1. The standard InChI is InChI=1S/C15H25N3S/c1-12(16)15(14-6-3-10-19-14)18-9-4-8-17-7-2-5-13(17)11-18/h3,6,10,12-13,15H,2,4-5,7-9,11,16H2,1H3. The molecule has 2 aliphatic rings. The van der Waals surface area contributed by atoms with Gasteiger partial charge in [0.25, 0.3) is 0 Å². The van der Waals surface area contributed by atoms with E-state index < -0.39 is 0 Å². The van der Waals surface area contributed by atoms with Crippen molar-refractivity contribution in [2.75, 3.05) is 26.2 Å². The van der Waals surface area contributed by atoms with Crippen LogP contribution in [0.15, 0.2) is 17.5 Å². The lowest BCUT2D eigenvalue weighted by Crippen LogP contribution is -2.43. The van der Waals surface area contributed by atoms with Crippen LogP contribution in [0.1, 0.15) is 37.1 Å². The monoisotopic (exact) mass is 279 g/mol. The zero-order chi connectivity index (χ0) is 13.2. The Bertz CT molecular complexity index is 390. The molecule has 0 aliphatic carbocycles. The molecule has 0 spiro atoms. The third-order valence-electron chi connectivity index (χ3n) is 4.56. The van der Waals surface area contributed by atoms with E-state index in [9.17, 15) is 0 Å². The second-order valence-electron chi connectivity index (χ2n) is 6.00. The molecule has 106 valence electrons. The van der Waals surface area contributed by atoms with Crippen LogP contribution >= 0.6 is 11.3 Å². The van der Waals surface area contributed by atoms with Crippen molar-refractivity contribution in [3.8, 4) is 0 Å². The molecule has 1 aromatic heterocycles. The van der Waals surface area contributed by atoms with Crippen molar-refractivity contribution in [1.82, 2.24) is 9.80 Å². The Labute approximate surface area is 120 Å². The van der Waals surface area contributed by atoms with Crippen molar-refractivity contribution in [2.24, 2.45) is 5.73 Å². The Balaban J connectivity index is 1.78. The number of hydrogen-bond acceptors (Lipinski definition) is 4. The fourth-order valence-electron chi connectivity index (χ4n) is 3.72. The molecule has 0 aromatic carbocycles. The molecular weight excluding hydrogens is 254 g/mol. The van der Waals surface area contributed by atoms with E-state index in [1.807, 2.05) is 11.3 Å². The van der Waals surface area contributed by atoms with Gasteiger partial charge in [-0.15, -0.1) is 11.3 Å². The molecular formula is C15H25N3S. The minimum absolute atomic E-state index is 0.201. The molecule has 2 N–H and O–H groups in total. The lowest BCUT2D eigenvalue weighted by molar-refractivity contribution is 0.159. The van der Waals surface area contributed by atoms with Crippen LogP contribution in [0, 0.1) is 0 Å². The van der Waals surface area contributed by atoms with Gasteiger partial charge in [0, 0.05) is 30.1 Å². The Kier molecular flexibility index (Phi) is 4.22. The normalized spacial score (nSPS) is 28.8. The van der Waals surface area contributed by atoms with Crippen molar-refractivity contribution in [3.05, 3.63) is 22.4 Å². The van der Waals surface area contributed by atoms with Crippen molar-refractivity contribution in [3.63, 3.8) is 0 Å². The topological polar surface area (TPSA) is 32.5 Å². The summed E-state index contributed by atoms with van der Waals surface area (Å²) in [6.07, 6.45) is 4.03. The smallest absolute Gasteiger partial charge is 0.0591 e. The first-order valence-corrected chi connectivity index (χ1v) is 8.41. The third-order valence-corrected chi connectivity index (χ3v) is 5.50. The average molecular weight is 279 g/mol. The van der Waals surface area contributed by atoms with Crippen LogP contribution in [-0.4, -0.2) is 48.1 Å². The molecule has 19 heavy (non-hydrogen) atoms. The summed E-state index contributed by atoms with van der Waals surface area (Å²) in [6, 6.07) is 5.77. The maximum atomic E-state index is 6.30. The van der Waals surface area contributed by atoms with Gasteiger partial charge in [-0.3, -0.25) is 9.80 Å². The van der Waals surface area contributed by atoms with Gasteiger partial charge < -0.3 is 5.73 Å². The molecule has 3 atom stereocenters. The summed E-state index contributed by atoms with van der Waals surface area (Å²) in [4.78, 5) is 6.76. The van der Waals surface area contributed by atoms with Crippen LogP contribution in [0.2, 0.25) is 0 Å². The quantitative estimate of drug-likeness (QED) is 0.921. The fourth-order valence-corrected chi connectivity index (χ4v) is 4.69. The molecule has 2 saturated heterocycles. The number of rotatable bonds is 3. The lowest BCUT2D eigenvalue weighted by atomic mass is 10.1. The number of hydrogen-bond donors (Lipinski definition) is 1. The number of thiophene rings is 1. The predicted molar refractivity (Wildman–Crippen MR) is 81.5 cm³/mol. The maximum Gasteiger partial charge on any atom is 0.0591 e. The molecule has 0 amide bonds. The highest BCUT2D eigenvalue weighted by atomic mass is 32.1. The van der Waals surface area contributed by atoms with E-state index in [-0.39, 0.29) is 6.04 Å². The van der Waals surface area contributed by atoms with E-state index in [0.717, 1.165) is 6.04 Å². The minimum atomic E-state index is 0.201. The highest BCUT2D eigenvalue weighted by molar-refractivity contribution is 7.10.